The molecule has 7 heteroatoms. The van der Waals surface area contributed by atoms with Crippen molar-refractivity contribution >= 4 is 29.5 Å². The lowest BCUT2D eigenvalue weighted by atomic mass is 9.96. The molecule has 2 amide bonds. The van der Waals surface area contributed by atoms with Crippen molar-refractivity contribution in [2.75, 3.05) is 24.7 Å². The minimum absolute atomic E-state index is 0.00480. The molecule has 3 aliphatic rings. The topological polar surface area (TPSA) is 77.9 Å². The van der Waals surface area contributed by atoms with Crippen LogP contribution in [0.3, 0.4) is 0 Å². The largest absolute Gasteiger partial charge is 0.481 e. The van der Waals surface area contributed by atoms with E-state index >= 15 is 0 Å². The molecule has 0 aromatic carbocycles. The average Bonchev–Trinajstić information content (AvgIpc) is 3.25. The third-order valence-corrected chi connectivity index (χ3v) is 6.32. The molecule has 1 atom stereocenters. The van der Waals surface area contributed by atoms with Crippen LogP contribution in [0.1, 0.15) is 38.5 Å². The standard InChI is InChI=1S/C16H24N2O4S/c19-14(11-3-1-2-4-11)18-10-23-9-13(18)15(20)17-7-5-12(6-8-17)16(21)22/h11-13H,1-10H2,(H,21,22). The van der Waals surface area contributed by atoms with Crippen molar-refractivity contribution in [2.24, 2.45) is 11.8 Å². The van der Waals surface area contributed by atoms with E-state index in [0.29, 0.717) is 37.6 Å². The molecule has 3 fully saturated rings. The van der Waals surface area contributed by atoms with Gasteiger partial charge in [0.05, 0.1) is 11.8 Å². The molecule has 1 aliphatic carbocycles. The molecule has 2 aliphatic heterocycles. The fourth-order valence-electron chi connectivity index (χ4n) is 3.83. The summed E-state index contributed by atoms with van der Waals surface area (Å²) in [7, 11) is 0. The van der Waals surface area contributed by atoms with E-state index < -0.39 is 5.97 Å². The Morgan fingerprint density at radius 1 is 0.913 bits per heavy atom. The van der Waals surface area contributed by atoms with Gasteiger partial charge in [-0.1, -0.05) is 12.8 Å². The summed E-state index contributed by atoms with van der Waals surface area (Å²) in [5.41, 5.74) is 0. The Kier molecular flexibility index (Phi) is 5.14. The number of amides is 2. The third kappa shape index (κ3) is 3.49. The maximum absolute atomic E-state index is 12.8. The lowest BCUT2D eigenvalue weighted by Crippen LogP contribution is -2.52. The maximum atomic E-state index is 12.8. The first-order chi connectivity index (χ1) is 11.1. The molecule has 0 aromatic heterocycles. The Morgan fingerprint density at radius 2 is 1.57 bits per heavy atom. The van der Waals surface area contributed by atoms with Crippen LogP contribution in [0.5, 0.6) is 0 Å². The second-order valence-electron chi connectivity index (χ2n) is 6.74. The van der Waals surface area contributed by atoms with E-state index in [2.05, 4.69) is 0 Å². The van der Waals surface area contributed by atoms with Gasteiger partial charge >= 0.3 is 5.97 Å². The van der Waals surface area contributed by atoms with E-state index in [1.807, 2.05) is 0 Å². The summed E-state index contributed by atoms with van der Waals surface area (Å²) >= 11 is 1.64. The number of carbonyl (C=O) groups is 3. The van der Waals surface area contributed by atoms with Gasteiger partial charge in [-0.05, 0) is 25.7 Å². The summed E-state index contributed by atoms with van der Waals surface area (Å²) < 4.78 is 0. The van der Waals surface area contributed by atoms with Crippen LogP contribution in [0, 0.1) is 11.8 Å². The monoisotopic (exact) mass is 340 g/mol. The number of carboxylic acid groups (broad SMARTS) is 1. The van der Waals surface area contributed by atoms with E-state index in [9.17, 15) is 14.4 Å². The number of carboxylic acids is 1. The van der Waals surface area contributed by atoms with Gasteiger partial charge in [0.1, 0.15) is 6.04 Å². The van der Waals surface area contributed by atoms with Crippen LogP contribution >= 0.6 is 11.8 Å². The Morgan fingerprint density at radius 3 is 2.17 bits per heavy atom. The number of thioether (sulfide) groups is 1. The molecule has 1 N–H and O–H groups in total. The van der Waals surface area contributed by atoms with Crippen LogP contribution in [0.2, 0.25) is 0 Å². The molecule has 0 spiro atoms. The van der Waals surface area contributed by atoms with Crippen molar-refractivity contribution in [1.82, 2.24) is 9.80 Å². The first kappa shape index (κ1) is 16.6. The smallest absolute Gasteiger partial charge is 0.306 e. The van der Waals surface area contributed by atoms with Gasteiger partial charge < -0.3 is 14.9 Å². The minimum Gasteiger partial charge on any atom is -0.481 e. The van der Waals surface area contributed by atoms with Crippen LogP contribution in [-0.4, -0.2) is 63.5 Å². The normalized spacial score (nSPS) is 26.7. The number of hydrogen-bond donors (Lipinski definition) is 1. The average molecular weight is 340 g/mol. The molecule has 1 unspecified atom stereocenters. The van der Waals surface area contributed by atoms with Gasteiger partial charge in [0, 0.05) is 24.8 Å². The first-order valence-corrected chi connectivity index (χ1v) is 9.63. The van der Waals surface area contributed by atoms with Crippen LogP contribution in [0.4, 0.5) is 0 Å². The summed E-state index contributed by atoms with van der Waals surface area (Å²) in [4.78, 5) is 40.0. The number of piperidine rings is 1. The van der Waals surface area contributed by atoms with E-state index in [4.69, 9.17) is 5.11 Å². The maximum Gasteiger partial charge on any atom is 0.306 e. The van der Waals surface area contributed by atoms with Gasteiger partial charge in [-0.2, -0.15) is 0 Å². The number of rotatable bonds is 3. The molecule has 128 valence electrons. The van der Waals surface area contributed by atoms with Crippen molar-refractivity contribution < 1.29 is 19.5 Å². The molecule has 3 rings (SSSR count). The van der Waals surface area contributed by atoms with Crippen molar-refractivity contribution in [2.45, 2.75) is 44.6 Å². The van der Waals surface area contributed by atoms with Crippen molar-refractivity contribution in [3.63, 3.8) is 0 Å². The number of aliphatic carboxylic acids is 1. The summed E-state index contributed by atoms with van der Waals surface area (Å²) in [5, 5.41) is 9.05. The zero-order valence-electron chi connectivity index (χ0n) is 13.3. The molecular weight excluding hydrogens is 316 g/mol. The van der Waals surface area contributed by atoms with E-state index in [0.717, 1.165) is 25.7 Å². The SMILES string of the molecule is O=C(O)C1CCN(C(=O)C2CSCN2C(=O)C2CCCC2)CC1. The van der Waals surface area contributed by atoms with Gasteiger partial charge in [-0.3, -0.25) is 14.4 Å². The molecule has 0 aromatic rings. The summed E-state index contributed by atoms with van der Waals surface area (Å²) in [5.74, 6) is 0.408. The van der Waals surface area contributed by atoms with Crippen molar-refractivity contribution in [1.29, 1.82) is 0 Å². The summed E-state index contributed by atoms with van der Waals surface area (Å²) in [6.07, 6.45) is 5.14. The lowest BCUT2D eigenvalue weighted by Gasteiger charge is -2.34. The second kappa shape index (κ2) is 7.11. The zero-order chi connectivity index (χ0) is 16.4. The molecule has 1 saturated carbocycles. The Balaban J connectivity index is 1.60. The quantitative estimate of drug-likeness (QED) is 0.840. The number of hydrogen-bond acceptors (Lipinski definition) is 4. The van der Waals surface area contributed by atoms with Crippen molar-refractivity contribution in [3.8, 4) is 0 Å². The van der Waals surface area contributed by atoms with Gasteiger partial charge in [0.15, 0.2) is 0 Å². The second-order valence-corrected chi connectivity index (χ2v) is 7.74. The molecule has 0 bridgehead atoms. The fourth-order valence-corrected chi connectivity index (χ4v) is 4.98. The molecule has 6 nitrogen and oxygen atoms in total. The Bertz CT molecular complexity index is 484. The molecule has 23 heavy (non-hydrogen) atoms. The molecule has 2 saturated heterocycles. The van der Waals surface area contributed by atoms with Crippen LogP contribution in [0.25, 0.3) is 0 Å². The van der Waals surface area contributed by atoms with Crippen LogP contribution < -0.4 is 0 Å². The van der Waals surface area contributed by atoms with Crippen molar-refractivity contribution in [3.05, 3.63) is 0 Å². The highest BCUT2D eigenvalue weighted by Gasteiger charge is 2.40. The third-order valence-electron chi connectivity index (χ3n) is 5.31. The lowest BCUT2D eigenvalue weighted by molar-refractivity contribution is -0.149. The van der Waals surface area contributed by atoms with Gasteiger partial charge in [-0.15, -0.1) is 11.8 Å². The summed E-state index contributed by atoms with van der Waals surface area (Å²) in [6, 6.07) is -0.352. The van der Waals surface area contributed by atoms with Crippen LogP contribution in [0.15, 0.2) is 0 Å². The highest BCUT2D eigenvalue weighted by molar-refractivity contribution is 7.99. The van der Waals surface area contributed by atoms with E-state index in [-0.39, 0.29) is 29.7 Å². The van der Waals surface area contributed by atoms with Crippen LogP contribution in [-0.2, 0) is 14.4 Å². The summed E-state index contributed by atoms with van der Waals surface area (Å²) in [6.45, 7) is 0.977. The predicted octanol–water partition coefficient (Wildman–Crippen LogP) is 1.40. The first-order valence-electron chi connectivity index (χ1n) is 8.47. The van der Waals surface area contributed by atoms with Gasteiger partial charge in [0.25, 0.3) is 0 Å². The minimum atomic E-state index is -0.772. The van der Waals surface area contributed by atoms with Gasteiger partial charge in [-0.25, -0.2) is 0 Å². The molecular formula is C16H24N2O4S. The highest BCUT2D eigenvalue weighted by atomic mass is 32.2. The van der Waals surface area contributed by atoms with E-state index in [1.165, 1.54) is 0 Å². The number of likely N-dealkylation sites (tertiary alicyclic amines) is 1. The van der Waals surface area contributed by atoms with E-state index in [1.54, 1.807) is 21.6 Å². The zero-order valence-corrected chi connectivity index (χ0v) is 14.1. The molecule has 0 radical (unpaired) electrons. The van der Waals surface area contributed by atoms with Gasteiger partial charge in [0.2, 0.25) is 11.8 Å². The Hall–Kier alpha value is -1.24. The fraction of sp³-hybridized carbons (Fsp3) is 0.812. The number of nitrogens with zero attached hydrogens (tertiary/aromatic N) is 2. The predicted molar refractivity (Wildman–Crippen MR) is 86.9 cm³/mol. The Labute approximate surface area is 140 Å². The number of carbonyl (C=O) groups excluding carboxylic acids is 2. The molecule has 2 heterocycles. The highest BCUT2D eigenvalue weighted by Crippen LogP contribution is 2.31.